The Labute approximate surface area is 168 Å². The van der Waals surface area contributed by atoms with Crippen LogP contribution in [0.5, 0.6) is 0 Å². The van der Waals surface area contributed by atoms with Gasteiger partial charge in [-0.2, -0.15) is 0 Å². The van der Waals surface area contributed by atoms with E-state index < -0.39 is 0 Å². The third-order valence-corrected chi connectivity index (χ3v) is 5.47. The predicted molar refractivity (Wildman–Crippen MR) is 108 cm³/mol. The molecule has 0 saturated carbocycles. The number of nitrogens with zero attached hydrogens (tertiary/aromatic N) is 3. The lowest BCUT2D eigenvalue weighted by atomic mass is 10.1. The van der Waals surface area contributed by atoms with Gasteiger partial charge in [-0.05, 0) is 51.3 Å². The molecule has 2 amide bonds. The van der Waals surface area contributed by atoms with E-state index in [2.05, 4.69) is 22.2 Å². The van der Waals surface area contributed by atoms with Crippen molar-refractivity contribution in [3.05, 3.63) is 30.1 Å². The minimum absolute atomic E-state index is 0.00503. The van der Waals surface area contributed by atoms with E-state index in [1.165, 1.54) is 0 Å². The second-order valence-electron chi connectivity index (χ2n) is 7.80. The standard InChI is InChI=1S/C21H34N4O3/c1-24-13-8-19(9-14-24)27-15-5-11-23-21(26)25-12-4-7-20(16-25)28-17-18-6-2-3-10-22-18/h2-3,6,10,19-20H,4-5,7-9,11-17H2,1H3,(H,23,26)/t20-/m1/s1. The van der Waals surface area contributed by atoms with Gasteiger partial charge in [-0.1, -0.05) is 6.07 Å². The van der Waals surface area contributed by atoms with Gasteiger partial charge in [-0.3, -0.25) is 4.98 Å². The number of pyridine rings is 1. The SMILES string of the molecule is CN1CCC(OCCCNC(=O)N2CCC[C@@H](OCc3ccccn3)C2)CC1. The Morgan fingerprint density at radius 2 is 2.04 bits per heavy atom. The highest BCUT2D eigenvalue weighted by Gasteiger charge is 2.24. The average Bonchev–Trinajstić information content (AvgIpc) is 2.74. The highest BCUT2D eigenvalue weighted by molar-refractivity contribution is 5.74. The number of rotatable bonds is 8. The van der Waals surface area contributed by atoms with Crippen LogP contribution in [0.25, 0.3) is 0 Å². The Morgan fingerprint density at radius 1 is 1.18 bits per heavy atom. The van der Waals surface area contributed by atoms with Crippen LogP contribution in [-0.4, -0.2) is 79.4 Å². The fourth-order valence-electron chi connectivity index (χ4n) is 3.73. The Bertz CT molecular complexity index is 578. The smallest absolute Gasteiger partial charge is 0.317 e. The summed E-state index contributed by atoms with van der Waals surface area (Å²) >= 11 is 0. The monoisotopic (exact) mass is 390 g/mol. The van der Waals surface area contributed by atoms with E-state index >= 15 is 0 Å². The van der Waals surface area contributed by atoms with E-state index in [-0.39, 0.29) is 12.1 Å². The molecule has 0 spiro atoms. The van der Waals surface area contributed by atoms with E-state index in [9.17, 15) is 4.79 Å². The van der Waals surface area contributed by atoms with Crippen LogP contribution in [0.1, 0.15) is 37.8 Å². The van der Waals surface area contributed by atoms with E-state index in [1.54, 1.807) is 6.20 Å². The minimum atomic E-state index is 0.00503. The molecule has 7 heteroatoms. The largest absolute Gasteiger partial charge is 0.378 e. The van der Waals surface area contributed by atoms with Crippen LogP contribution >= 0.6 is 0 Å². The van der Waals surface area contributed by atoms with Crippen LogP contribution in [-0.2, 0) is 16.1 Å². The van der Waals surface area contributed by atoms with Gasteiger partial charge in [0, 0.05) is 45.5 Å². The van der Waals surface area contributed by atoms with Gasteiger partial charge in [-0.15, -0.1) is 0 Å². The number of hydrogen-bond donors (Lipinski definition) is 1. The molecule has 2 aliphatic rings. The van der Waals surface area contributed by atoms with Crippen LogP contribution in [0.15, 0.2) is 24.4 Å². The van der Waals surface area contributed by atoms with Gasteiger partial charge in [0.05, 0.1) is 24.5 Å². The van der Waals surface area contributed by atoms with Gasteiger partial charge in [0.1, 0.15) is 0 Å². The molecule has 1 aromatic heterocycles. The molecular weight excluding hydrogens is 356 g/mol. The molecule has 3 heterocycles. The van der Waals surface area contributed by atoms with Gasteiger partial charge >= 0.3 is 6.03 Å². The van der Waals surface area contributed by atoms with Crippen LogP contribution in [0, 0.1) is 0 Å². The number of hydrogen-bond acceptors (Lipinski definition) is 5. The molecule has 0 bridgehead atoms. The summed E-state index contributed by atoms with van der Waals surface area (Å²) in [7, 11) is 2.15. The maximum Gasteiger partial charge on any atom is 0.317 e. The average molecular weight is 391 g/mol. The van der Waals surface area contributed by atoms with Gasteiger partial charge in [-0.25, -0.2) is 4.79 Å². The van der Waals surface area contributed by atoms with Gasteiger partial charge in [0.15, 0.2) is 0 Å². The molecule has 156 valence electrons. The first-order chi connectivity index (χ1) is 13.7. The van der Waals surface area contributed by atoms with Crippen LogP contribution in [0.4, 0.5) is 4.79 Å². The molecule has 0 radical (unpaired) electrons. The summed E-state index contributed by atoms with van der Waals surface area (Å²) in [5.41, 5.74) is 0.925. The number of amides is 2. The predicted octanol–water partition coefficient (Wildman–Crippen LogP) is 2.27. The molecule has 1 aromatic rings. The normalized spacial score (nSPS) is 21.6. The molecule has 0 aliphatic carbocycles. The number of aromatic nitrogens is 1. The number of carbonyl (C=O) groups excluding carboxylic acids is 1. The molecule has 0 unspecified atom stereocenters. The van der Waals surface area contributed by atoms with Crippen molar-refractivity contribution < 1.29 is 14.3 Å². The van der Waals surface area contributed by atoms with Crippen molar-refractivity contribution in [2.45, 2.75) is 50.9 Å². The van der Waals surface area contributed by atoms with Crippen molar-refractivity contribution in [3.63, 3.8) is 0 Å². The Hall–Kier alpha value is -1.70. The fraction of sp³-hybridized carbons (Fsp3) is 0.714. The summed E-state index contributed by atoms with van der Waals surface area (Å²) in [6.45, 7) is 5.52. The molecule has 1 atom stereocenters. The third-order valence-electron chi connectivity index (χ3n) is 5.47. The van der Waals surface area contributed by atoms with Gasteiger partial charge in [0.2, 0.25) is 0 Å². The molecule has 2 saturated heterocycles. The second kappa shape index (κ2) is 11.3. The zero-order chi connectivity index (χ0) is 19.6. The lowest BCUT2D eigenvalue weighted by Gasteiger charge is -2.32. The van der Waals surface area contributed by atoms with Gasteiger partial charge < -0.3 is 24.6 Å². The maximum atomic E-state index is 12.4. The number of piperidine rings is 2. The Balaban J connectivity index is 1.27. The lowest BCUT2D eigenvalue weighted by molar-refractivity contribution is -0.00204. The quantitative estimate of drug-likeness (QED) is 0.690. The van der Waals surface area contributed by atoms with Crippen molar-refractivity contribution in [1.29, 1.82) is 0 Å². The second-order valence-corrected chi connectivity index (χ2v) is 7.80. The fourth-order valence-corrected chi connectivity index (χ4v) is 3.73. The van der Waals surface area contributed by atoms with Crippen LogP contribution < -0.4 is 5.32 Å². The first-order valence-corrected chi connectivity index (χ1v) is 10.5. The highest BCUT2D eigenvalue weighted by Crippen LogP contribution is 2.15. The van der Waals surface area contributed by atoms with Crippen molar-refractivity contribution >= 4 is 6.03 Å². The molecule has 2 fully saturated rings. The Kier molecular flexibility index (Phi) is 8.51. The van der Waals surface area contributed by atoms with Crippen molar-refractivity contribution in [1.82, 2.24) is 20.1 Å². The zero-order valence-corrected chi connectivity index (χ0v) is 17.0. The highest BCUT2D eigenvalue weighted by atomic mass is 16.5. The maximum absolute atomic E-state index is 12.4. The minimum Gasteiger partial charge on any atom is -0.378 e. The number of urea groups is 1. The van der Waals surface area contributed by atoms with E-state index in [4.69, 9.17) is 9.47 Å². The van der Waals surface area contributed by atoms with Gasteiger partial charge in [0.25, 0.3) is 0 Å². The molecule has 3 rings (SSSR count). The number of nitrogens with one attached hydrogen (secondary N) is 1. The summed E-state index contributed by atoms with van der Waals surface area (Å²) in [6, 6.07) is 5.82. The summed E-state index contributed by atoms with van der Waals surface area (Å²) in [5.74, 6) is 0. The van der Waals surface area contributed by atoms with E-state index in [0.29, 0.717) is 32.4 Å². The molecule has 0 aromatic carbocycles. The van der Waals surface area contributed by atoms with Crippen molar-refractivity contribution in [2.24, 2.45) is 0 Å². The number of ether oxygens (including phenoxy) is 2. The molecule has 7 nitrogen and oxygen atoms in total. The van der Waals surface area contributed by atoms with Crippen molar-refractivity contribution in [3.8, 4) is 0 Å². The molecule has 1 N–H and O–H groups in total. The Morgan fingerprint density at radius 3 is 2.82 bits per heavy atom. The number of likely N-dealkylation sites (tertiary alicyclic amines) is 2. The molecular formula is C21H34N4O3. The summed E-state index contributed by atoms with van der Waals surface area (Å²) in [5, 5.41) is 3.02. The van der Waals surface area contributed by atoms with E-state index in [0.717, 1.165) is 57.4 Å². The first kappa shape index (κ1) is 21.0. The number of carbonyl (C=O) groups is 1. The summed E-state index contributed by atoms with van der Waals surface area (Å²) < 4.78 is 11.9. The van der Waals surface area contributed by atoms with Crippen LogP contribution in [0.2, 0.25) is 0 Å². The first-order valence-electron chi connectivity index (χ1n) is 10.5. The molecule has 2 aliphatic heterocycles. The topological polar surface area (TPSA) is 66.9 Å². The van der Waals surface area contributed by atoms with E-state index in [1.807, 2.05) is 23.1 Å². The lowest BCUT2D eigenvalue weighted by Crippen LogP contribution is -2.48. The van der Waals surface area contributed by atoms with Crippen LogP contribution in [0.3, 0.4) is 0 Å². The summed E-state index contributed by atoms with van der Waals surface area (Å²) in [4.78, 5) is 20.9. The van der Waals surface area contributed by atoms with Crippen molar-refractivity contribution in [2.75, 3.05) is 46.4 Å². The summed E-state index contributed by atoms with van der Waals surface area (Å²) in [6.07, 6.45) is 7.26. The third kappa shape index (κ3) is 7.04. The molecule has 28 heavy (non-hydrogen) atoms. The zero-order valence-electron chi connectivity index (χ0n) is 17.0.